The molecule has 0 aliphatic carbocycles. The van der Waals surface area contributed by atoms with Crippen LogP contribution in [0.5, 0.6) is 0 Å². The molecule has 1 aromatic carbocycles. The Kier molecular flexibility index (Phi) is 7.73. The van der Waals surface area contributed by atoms with Crippen molar-refractivity contribution in [3.8, 4) is 0 Å². The predicted molar refractivity (Wildman–Crippen MR) is 80.8 cm³/mol. The van der Waals surface area contributed by atoms with Gasteiger partial charge in [-0.3, -0.25) is 4.99 Å². The molecule has 4 nitrogen and oxygen atoms in total. The first-order valence-corrected chi connectivity index (χ1v) is 7.02. The van der Waals surface area contributed by atoms with Crippen LogP contribution in [-0.2, 0) is 11.3 Å². The molecule has 7 heteroatoms. The number of hydrogen-bond acceptors (Lipinski definition) is 2. The summed E-state index contributed by atoms with van der Waals surface area (Å²) in [7, 11) is 3.58. The lowest BCUT2D eigenvalue weighted by atomic mass is 10.2. The van der Waals surface area contributed by atoms with E-state index in [2.05, 4.69) is 15.0 Å². The Hall–Kier alpha value is -1.76. The van der Waals surface area contributed by atoms with Crippen LogP contribution in [0.25, 0.3) is 0 Å². The summed E-state index contributed by atoms with van der Waals surface area (Å²) in [4.78, 5) is 6.10. The summed E-state index contributed by atoms with van der Waals surface area (Å²) in [6, 6.07) is 9.94. The molecule has 1 rings (SSSR count). The largest absolute Gasteiger partial charge is 0.411 e. The van der Waals surface area contributed by atoms with Crippen LogP contribution in [0.3, 0.4) is 0 Å². The first-order chi connectivity index (χ1) is 10.4. The minimum absolute atomic E-state index is 0.0614. The summed E-state index contributed by atoms with van der Waals surface area (Å²) in [5.74, 6) is 0.694. The van der Waals surface area contributed by atoms with E-state index in [1.54, 1.807) is 7.05 Å². The second-order valence-corrected chi connectivity index (χ2v) is 4.84. The molecule has 0 saturated carbocycles. The number of benzene rings is 1. The zero-order valence-electron chi connectivity index (χ0n) is 12.9. The molecule has 1 N–H and O–H groups in total. The molecular weight excluding hydrogens is 295 g/mol. The molecule has 0 fully saturated rings. The smallest absolute Gasteiger partial charge is 0.372 e. The normalized spacial score (nSPS) is 12.3. The number of hydrogen-bond donors (Lipinski definition) is 1. The van der Waals surface area contributed by atoms with E-state index in [9.17, 15) is 13.2 Å². The van der Waals surface area contributed by atoms with Gasteiger partial charge < -0.3 is 15.0 Å². The Morgan fingerprint density at radius 2 is 1.95 bits per heavy atom. The number of nitrogens with one attached hydrogen (secondary N) is 1. The van der Waals surface area contributed by atoms with E-state index in [-0.39, 0.29) is 6.61 Å². The molecule has 0 spiro atoms. The topological polar surface area (TPSA) is 36.9 Å². The molecule has 0 radical (unpaired) electrons. The second kappa shape index (κ2) is 9.30. The van der Waals surface area contributed by atoms with Gasteiger partial charge in [0.05, 0.1) is 0 Å². The van der Waals surface area contributed by atoms with Gasteiger partial charge in [-0.1, -0.05) is 30.3 Å². The van der Waals surface area contributed by atoms with Gasteiger partial charge in [-0.15, -0.1) is 0 Å². The van der Waals surface area contributed by atoms with Crippen molar-refractivity contribution in [3.63, 3.8) is 0 Å². The van der Waals surface area contributed by atoms with Crippen molar-refractivity contribution in [2.24, 2.45) is 4.99 Å². The van der Waals surface area contributed by atoms with Crippen LogP contribution < -0.4 is 5.32 Å². The lowest BCUT2D eigenvalue weighted by Gasteiger charge is -2.22. The summed E-state index contributed by atoms with van der Waals surface area (Å²) in [6.07, 6.45) is -3.78. The number of ether oxygens (including phenoxy) is 1. The Morgan fingerprint density at radius 1 is 1.27 bits per heavy atom. The van der Waals surface area contributed by atoms with Crippen molar-refractivity contribution < 1.29 is 17.9 Å². The standard InChI is InChI=1S/C15H22F3N3O/c1-19-14(20-9-6-10-22-12-15(16,17)18)21(2)11-13-7-4-3-5-8-13/h3-5,7-8H,6,9-12H2,1-2H3,(H,19,20). The lowest BCUT2D eigenvalue weighted by Crippen LogP contribution is -2.39. The van der Waals surface area contributed by atoms with Crippen molar-refractivity contribution in [3.05, 3.63) is 35.9 Å². The maximum atomic E-state index is 11.9. The summed E-state index contributed by atoms with van der Waals surface area (Å²) < 4.78 is 40.2. The third kappa shape index (κ3) is 7.87. The van der Waals surface area contributed by atoms with Gasteiger partial charge in [0.25, 0.3) is 0 Å². The average Bonchev–Trinajstić information content (AvgIpc) is 2.46. The average molecular weight is 317 g/mol. The fourth-order valence-corrected chi connectivity index (χ4v) is 1.88. The number of halogens is 3. The fourth-order valence-electron chi connectivity index (χ4n) is 1.88. The molecular formula is C15H22F3N3O. The van der Waals surface area contributed by atoms with Gasteiger partial charge in [0, 0.05) is 33.8 Å². The zero-order valence-corrected chi connectivity index (χ0v) is 12.9. The summed E-state index contributed by atoms with van der Waals surface area (Å²) >= 11 is 0. The van der Waals surface area contributed by atoms with Crippen LogP contribution in [0.2, 0.25) is 0 Å². The number of aliphatic imine (C=N–C) groups is 1. The van der Waals surface area contributed by atoms with Crippen LogP contribution >= 0.6 is 0 Å². The van der Waals surface area contributed by atoms with E-state index in [1.165, 1.54) is 0 Å². The summed E-state index contributed by atoms with van der Waals surface area (Å²) in [5.41, 5.74) is 1.15. The highest BCUT2D eigenvalue weighted by Gasteiger charge is 2.27. The van der Waals surface area contributed by atoms with E-state index < -0.39 is 12.8 Å². The van der Waals surface area contributed by atoms with Gasteiger partial charge in [0.2, 0.25) is 0 Å². The quantitative estimate of drug-likeness (QED) is 0.477. The number of nitrogens with zero attached hydrogens (tertiary/aromatic N) is 2. The minimum atomic E-state index is -4.26. The summed E-state index contributed by atoms with van der Waals surface area (Å²) in [6.45, 7) is 0.0658. The Bertz CT molecular complexity index is 449. The van der Waals surface area contributed by atoms with Crippen LogP contribution in [0.1, 0.15) is 12.0 Å². The van der Waals surface area contributed by atoms with E-state index >= 15 is 0 Å². The van der Waals surface area contributed by atoms with Crippen molar-refractivity contribution in [2.75, 3.05) is 33.9 Å². The van der Waals surface area contributed by atoms with Crippen LogP contribution in [-0.4, -0.2) is 50.9 Å². The Balaban J connectivity index is 2.25. The molecule has 0 heterocycles. The monoisotopic (exact) mass is 317 g/mol. The molecule has 22 heavy (non-hydrogen) atoms. The predicted octanol–water partition coefficient (Wildman–Crippen LogP) is 2.66. The molecule has 1 aromatic rings. The molecule has 0 saturated heterocycles. The van der Waals surface area contributed by atoms with Gasteiger partial charge in [0.1, 0.15) is 6.61 Å². The maximum absolute atomic E-state index is 11.9. The first kappa shape index (κ1) is 18.3. The highest BCUT2D eigenvalue weighted by molar-refractivity contribution is 5.79. The first-order valence-electron chi connectivity index (χ1n) is 7.02. The molecule has 0 aliphatic heterocycles. The Morgan fingerprint density at radius 3 is 2.55 bits per heavy atom. The molecule has 124 valence electrons. The minimum Gasteiger partial charge on any atom is -0.372 e. The van der Waals surface area contributed by atoms with E-state index in [4.69, 9.17) is 0 Å². The maximum Gasteiger partial charge on any atom is 0.411 e. The van der Waals surface area contributed by atoms with Gasteiger partial charge in [-0.25, -0.2) is 0 Å². The Labute approximate surface area is 129 Å². The molecule has 0 aromatic heterocycles. The fraction of sp³-hybridized carbons (Fsp3) is 0.533. The van der Waals surface area contributed by atoms with Crippen LogP contribution in [0, 0.1) is 0 Å². The number of alkyl halides is 3. The van der Waals surface area contributed by atoms with E-state index in [1.807, 2.05) is 42.3 Å². The van der Waals surface area contributed by atoms with Crippen LogP contribution in [0.4, 0.5) is 13.2 Å². The van der Waals surface area contributed by atoms with Gasteiger partial charge in [-0.05, 0) is 12.0 Å². The van der Waals surface area contributed by atoms with Crippen molar-refractivity contribution >= 4 is 5.96 Å². The van der Waals surface area contributed by atoms with Crippen molar-refractivity contribution in [2.45, 2.75) is 19.1 Å². The third-order valence-corrected chi connectivity index (χ3v) is 2.85. The summed E-state index contributed by atoms with van der Waals surface area (Å²) in [5, 5.41) is 3.10. The number of guanidine groups is 1. The molecule has 0 aliphatic rings. The zero-order chi connectivity index (χ0) is 16.4. The molecule has 0 unspecified atom stereocenters. The lowest BCUT2D eigenvalue weighted by molar-refractivity contribution is -0.173. The van der Waals surface area contributed by atoms with Gasteiger partial charge >= 0.3 is 6.18 Å². The van der Waals surface area contributed by atoms with Gasteiger partial charge in [0.15, 0.2) is 5.96 Å². The van der Waals surface area contributed by atoms with E-state index in [0.717, 1.165) is 5.56 Å². The second-order valence-electron chi connectivity index (χ2n) is 4.84. The van der Waals surface area contributed by atoms with Crippen molar-refractivity contribution in [1.82, 2.24) is 10.2 Å². The SMILES string of the molecule is CN=C(NCCCOCC(F)(F)F)N(C)Cc1ccccc1. The molecule has 0 amide bonds. The van der Waals surface area contributed by atoms with E-state index in [0.29, 0.717) is 25.5 Å². The number of rotatable bonds is 7. The van der Waals surface area contributed by atoms with Gasteiger partial charge in [-0.2, -0.15) is 13.2 Å². The highest BCUT2D eigenvalue weighted by atomic mass is 19.4. The van der Waals surface area contributed by atoms with Crippen molar-refractivity contribution in [1.29, 1.82) is 0 Å². The highest BCUT2D eigenvalue weighted by Crippen LogP contribution is 2.14. The third-order valence-electron chi connectivity index (χ3n) is 2.85. The molecule has 0 atom stereocenters. The molecule has 0 bridgehead atoms. The van der Waals surface area contributed by atoms with Crippen LogP contribution in [0.15, 0.2) is 35.3 Å².